The van der Waals surface area contributed by atoms with Gasteiger partial charge in [0.25, 0.3) is 0 Å². The molecule has 2 amide bonds. The summed E-state index contributed by atoms with van der Waals surface area (Å²) in [5.74, 6) is -0.120. The monoisotopic (exact) mass is 265 g/mol. The Morgan fingerprint density at radius 3 is 3.00 bits per heavy atom. The number of nitrogens with one attached hydrogen (secondary N) is 1. The van der Waals surface area contributed by atoms with Crippen LogP contribution in [0.15, 0.2) is 23.1 Å². The number of likely N-dealkylation sites (N-methyl/N-ethyl adjacent to an activating group) is 1. The molecule has 0 spiro atoms. The maximum absolute atomic E-state index is 12.0. The molecule has 1 aliphatic rings. The summed E-state index contributed by atoms with van der Waals surface area (Å²) in [5, 5.41) is 2.77. The van der Waals surface area contributed by atoms with E-state index in [2.05, 4.69) is 5.32 Å². The number of carbonyl (C=O) groups excluding carboxylic acids is 2. The summed E-state index contributed by atoms with van der Waals surface area (Å²) < 4.78 is 0. The van der Waals surface area contributed by atoms with Gasteiger partial charge in [-0.2, -0.15) is 0 Å². The molecule has 1 aromatic carbocycles. The van der Waals surface area contributed by atoms with Gasteiger partial charge in [-0.1, -0.05) is 6.07 Å². The molecule has 0 aliphatic carbocycles. The van der Waals surface area contributed by atoms with Crippen molar-refractivity contribution in [2.45, 2.75) is 11.4 Å². The molecule has 1 aliphatic heterocycles. The summed E-state index contributed by atoms with van der Waals surface area (Å²) in [6, 6.07) is 5.64. The van der Waals surface area contributed by atoms with Gasteiger partial charge in [0.2, 0.25) is 11.8 Å². The Hall–Kier alpha value is -1.37. The number of nitrogens with two attached hydrogens (primary N) is 1. The molecule has 0 saturated heterocycles. The van der Waals surface area contributed by atoms with Crippen LogP contribution in [0.1, 0.15) is 5.56 Å². The van der Waals surface area contributed by atoms with E-state index in [1.165, 1.54) is 16.7 Å². The van der Waals surface area contributed by atoms with Crippen LogP contribution in [0.3, 0.4) is 0 Å². The van der Waals surface area contributed by atoms with Crippen LogP contribution >= 0.6 is 11.8 Å². The van der Waals surface area contributed by atoms with Crippen LogP contribution in [0.25, 0.3) is 0 Å². The zero-order valence-corrected chi connectivity index (χ0v) is 10.9. The van der Waals surface area contributed by atoms with Crippen molar-refractivity contribution in [2.24, 2.45) is 5.73 Å². The minimum atomic E-state index is -0.238. The molecule has 0 unspecified atom stereocenters. The van der Waals surface area contributed by atoms with Crippen LogP contribution in [-0.4, -0.2) is 31.2 Å². The third-order valence-electron chi connectivity index (χ3n) is 2.68. The molecule has 0 fully saturated rings. The molecule has 3 N–H and O–H groups in total. The number of thioether (sulfide) groups is 1. The predicted octanol–water partition coefficient (Wildman–Crippen LogP) is 0.330. The van der Waals surface area contributed by atoms with E-state index in [1.54, 1.807) is 7.05 Å². The van der Waals surface area contributed by atoms with Crippen LogP contribution < -0.4 is 16.0 Å². The minimum absolute atomic E-state index is 0.142. The third-order valence-corrected chi connectivity index (χ3v) is 3.73. The first-order valence-electron chi connectivity index (χ1n) is 5.63. The average molecular weight is 265 g/mol. The molecule has 0 saturated carbocycles. The van der Waals surface area contributed by atoms with Crippen molar-refractivity contribution in [3.63, 3.8) is 0 Å². The maximum Gasteiger partial charge on any atom is 0.247 e. The highest BCUT2D eigenvalue weighted by Gasteiger charge is 2.29. The molecule has 0 atom stereocenters. The predicted molar refractivity (Wildman–Crippen MR) is 71.5 cm³/mol. The quantitative estimate of drug-likeness (QED) is 0.824. The van der Waals surface area contributed by atoms with Crippen LogP contribution in [0.4, 0.5) is 5.69 Å². The van der Waals surface area contributed by atoms with Gasteiger partial charge in [-0.05, 0) is 24.7 Å². The fourth-order valence-corrected chi connectivity index (χ4v) is 2.70. The van der Waals surface area contributed by atoms with Crippen LogP contribution in [0.5, 0.6) is 0 Å². The Labute approximate surface area is 110 Å². The highest BCUT2D eigenvalue weighted by molar-refractivity contribution is 8.00. The zero-order valence-electron chi connectivity index (χ0n) is 10.1. The van der Waals surface area contributed by atoms with Gasteiger partial charge in [0.05, 0.1) is 18.0 Å². The maximum atomic E-state index is 12.0. The summed E-state index contributed by atoms with van der Waals surface area (Å²) in [6.45, 7) is 0.531. The van der Waals surface area contributed by atoms with E-state index in [0.29, 0.717) is 18.0 Å². The van der Waals surface area contributed by atoms with Gasteiger partial charge in [0, 0.05) is 11.4 Å². The molecule has 1 aromatic rings. The number of hydrogen-bond acceptors (Lipinski definition) is 5. The number of fused-ring (bicyclic) bond motifs is 1. The second-order valence-corrected chi connectivity index (χ2v) is 4.97. The third kappa shape index (κ3) is 2.40. The lowest BCUT2D eigenvalue weighted by molar-refractivity contribution is -0.124. The average Bonchev–Trinajstić information content (AvgIpc) is 2.38. The first-order chi connectivity index (χ1) is 8.67. The van der Waals surface area contributed by atoms with Crippen LogP contribution in [-0.2, 0) is 16.1 Å². The fourth-order valence-electron chi connectivity index (χ4n) is 1.83. The molecule has 0 aromatic heterocycles. The lowest BCUT2D eigenvalue weighted by Crippen LogP contribution is -2.44. The van der Waals surface area contributed by atoms with Gasteiger partial charge < -0.3 is 11.1 Å². The molecule has 0 radical (unpaired) electrons. The summed E-state index contributed by atoms with van der Waals surface area (Å²) in [7, 11) is 1.68. The topological polar surface area (TPSA) is 75.4 Å². The summed E-state index contributed by atoms with van der Waals surface area (Å²) in [5.41, 5.74) is 7.15. The number of anilines is 1. The largest absolute Gasteiger partial charge is 0.326 e. The molecular weight excluding hydrogens is 250 g/mol. The molecule has 6 heteroatoms. The van der Waals surface area contributed by atoms with E-state index in [1.807, 2.05) is 18.2 Å². The van der Waals surface area contributed by atoms with Crippen molar-refractivity contribution in [3.05, 3.63) is 23.8 Å². The van der Waals surface area contributed by atoms with Crippen molar-refractivity contribution < 1.29 is 9.59 Å². The van der Waals surface area contributed by atoms with Gasteiger partial charge in [-0.15, -0.1) is 11.8 Å². The molecule has 18 heavy (non-hydrogen) atoms. The van der Waals surface area contributed by atoms with Gasteiger partial charge in [0.15, 0.2) is 0 Å². The van der Waals surface area contributed by atoms with Gasteiger partial charge in [-0.25, -0.2) is 4.90 Å². The van der Waals surface area contributed by atoms with Crippen molar-refractivity contribution >= 4 is 29.3 Å². The van der Waals surface area contributed by atoms with E-state index in [-0.39, 0.29) is 18.4 Å². The second kappa shape index (κ2) is 5.51. The molecule has 1 heterocycles. The number of hydrogen-bond donors (Lipinski definition) is 2. The molecule has 5 nitrogen and oxygen atoms in total. The van der Waals surface area contributed by atoms with E-state index < -0.39 is 0 Å². The Balaban J connectivity index is 2.42. The lowest BCUT2D eigenvalue weighted by Gasteiger charge is -2.27. The molecular formula is C12H15N3O2S. The van der Waals surface area contributed by atoms with Crippen molar-refractivity contribution in [1.29, 1.82) is 0 Å². The Morgan fingerprint density at radius 2 is 2.33 bits per heavy atom. The van der Waals surface area contributed by atoms with Crippen LogP contribution in [0, 0.1) is 0 Å². The molecule has 2 rings (SSSR count). The number of nitrogens with zero attached hydrogens (tertiary/aromatic N) is 1. The normalized spacial score (nSPS) is 14.6. The highest BCUT2D eigenvalue weighted by Crippen LogP contribution is 2.35. The van der Waals surface area contributed by atoms with Crippen molar-refractivity contribution in [3.8, 4) is 0 Å². The first kappa shape index (κ1) is 13.1. The SMILES string of the molecule is CNCC(=O)N1C(=O)CSc2ccc(CN)cc21. The van der Waals surface area contributed by atoms with Crippen molar-refractivity contribution in [1.82, 2.24) is 5.32 Å². The van der Waals surface area contributed by atoms with E-state index in [9.17, 15) is 9.59 Å². The zero-order chi connectivity index (χ0) is 13.1. The Bertz CT molecular complexity index is 490. The van der Waals surface area contributed by atoms with E-state index >= 15 is 0 Å². The summed E-state index contributed by atoms with van der Waals surface area (Å²) in [4.78, 5) is 26.1. The Kier molecular flexibility index (Phi) is 4.00. The smallest absolute Gasteiger partial charge is 0.247 e. The minimum Gasteiger partial charge on any atom is -0.326 e. The summed E-state index contributed by atoms with van der Waals surface area (Å²) in [6.07, 6.45) is 0. The highest BCUT2D eigenvalue weighted by atomic mass is 32.2. The number of benzene rings is 1. The van der Waals surface area contributed by atoms with Gasteiger partial charge >= 0.3 is 0 Å². The van der Waals surface area contributed by atoms with E-state index in [4.69, 9.17) is 5.73 Å². The van der Waals surface area contributed by atoms with E-state index in [0.717, 1.165) is 10.5 Å². The number of imide groups is 1. The number of rotatable bonds is 3. The molecule has 96 valence electrons. The van der Waals surface area contributed by atoms with Gasteiger partial charge in [0.1, 0.15) is 0 Å². The second-order valence-electron chi connectivity index (χ2n) is 3.95. The lowest BCUT2D eigenvalue weighted by atomic mass is 10.1. The van der Waals surface area contributed by atoms with Crippen LogP contribution in [0.2, 0.25) is 0 Å². The van der Waals surface area contributed by atoms with Crippen molar-refractivity contribution in [2.75, 3.05) is 24.2 Å². The number of amides is 2. The fraction of sp³-hybridized carbons (Fsp3) is 0.333. The molecule has 0 bridgehead atoms. The first-order valence-corrected chi connectivity index (χ1v) is 6.62. The van der Waals surface area contributed by atoms with Gasteiger partial charge in [-0.3, -0.25) is 9.59 Å². The number of carbonyl (C=O) groups is 2. The Morgan fingerprint density at radius 1 is 1.56 bits per heavy atom. The standard InChI is InChI=1S/C12H15N3O2S/c1-14-6-11(16)15-9-4-8(5-13)2-3-10(9)18-7-12(15)17/h2-4,14H,5-7,13H2,1H3. The summed E-state index contributed by atoms with van der Waals surface area (Å²) >= 11 is 1.45.